The molecule has 2 heteroatoms. The minimum Gasteiger partial charge on any atom is -0.380 e. The molecule has 0 N–H and O–H groups in total. The van der Waals surface area contributed by atoms with Crippen molar-refractivity contribution in [1.82, 2.24) is 0 Å². The summed E-state index contributed by atoms with van der Waals surface area (Å²) in [5.41, 5.74) is 4.48. The number of benzene rings is 2. The first-order valence-electron chi connectivity index (χ1n) is 5.83. The lowest BCUT2D eigenvalue weighted by atomic mass is 10.0. The molecule has 0 aliphatic heterocycles. The number of fused-ring (bicyclic) bond motifs is 3. The van der Waals surface area contributed by atoms with Gasteiger partial charge >= 0.3 is 0 Å². The van der Waals surface area contributed by atoms with Crippen LogP contribution >= 0.6 is 0 Å². The average molecular weight is 236 g/mol. The minimum atomic E-state index is 0.503. The lowest BCUT2D eigenvalue weighted by Gasteiger charge is -2.03. The third-order valence-electron chi connectivity index (χ3n) is 3.31. The second-order valence-electron chi connectivity index (χ2n) is 4.29. The normalized spacial score (nSPS) is 11.9. The van der Waals surface area contributed by atoms with Crippen molar-refractivity contribution in [1.29, 1.82) is 0 Å². The molecule has 0 saturated heterocycles. The molecular weight excluding hydrogens is 224 g/mol. The highest BCUT2D eigenvalue weighted by Gasteiger charge is 2.19. The molecule has 0 fully saturated rings. The van der Waals surface area contributed by atoms with E-state index in [0.717, 1.165) is 27.5 Å². The average Bonchev–Trinajstić information content (AvgIpc) is 2.74. The van der Waals surface area contributed by atoms with Crippen molar-refractivity contribution < 1.29 is 9.53 Å². The van der Waals surface area contributed by atoms with Gasteiger partial charge in [-0.3, -0.25) is 0 Å². The van der Waals surface area contributed by atoms with Crippen LogP contribution in [0.2, 0.25) is 0 Å². The maximum absolute atomic E-state index is 11.1. The van der Waals surface area contributed by atoms with Crippen molar-refractivity contribution in [2.75, 3.05) is 13.7 Å². The molecule has 3 rings (SSSR count). The first-order valence-corrected chi connectivity index (χ1v) is 5.83. The zero-order valence-electron chi connectivity index (χ0n) is 10.1. The van der Waals surface area contributed by atoms with Crippen LogP contribution in [0.5, 0.6) is 0 Å². The number of hydrogen-bond donors (Lipinski definition) is 0. The Bertz CT molecular complexity index is 753. The number of hydrogen-bond acceptors (Lipinski definition) is 2. The molecule has 0 amide bonds. The Kier molecular flexibility index (Phi) is 2.60. The summed E-state index contributed by atoms with van der Waals surface area (Å²) in [7, 11) is 1.67. The molecule has 0 heterocycles. The molecule has 0 unspecified atom stereocenters. The third-order valence-corrected chi connectivity index (χ3v) is 3.31. The molecule has 0 radical (unpaired) electrons. The molecule has 0 saturated carbocycles. The van der Waals surface area contributed by atoms with Gasteiger partial charge < -0.3 is 4.74 Å². The Morgan fingerprint density at radius 1 is 1.00 bits per heavy atom. The van der Waals surface area contributed by atoms with Crippen LogP contribution in [0.25, 0.3) is 16.7 Å². The summed E-state index contributed by atoms with van der Waals surface area (Å²) in [6.07, 6.45) is 0. The molecule has 2 aromatic carbocycles. The Morgan fingerprint density at radius 3 is 2.44 bits per heavy atom. The SMILES string of the molecule is COCC1=c2c(cccc2=C=O)-c2ccccc21. The van der Waals surface area contributed by atoms with E-state index in [1.807, 2.05) is 30.2 Å². The number of rotatable bonds is 2. The molecule has 0 bridgehead atoms. The van der Waals surface area contributed by atoms with Crippen molar-refractivity contribution in [2.24, 2.45) is 0 Å². The Hall–Kier alpha value is -2.15. The fourth-order valence-electron chi connectivity index (χ4n) is 2.60. The fourth-order valence-corrected chi connectivity index (χ4v) is 2.60. The maximum atomic E-state index is 11.1. The van der Waals surface area contributed by atoms with Crippen LogP contribution < -0.4 is 10.4 Å². The van der Waals surface area contributed by atoms with Gasteiger partial charge in [0, 0.05) is 12.3 Å². The molecule has 2 aromatic rings. The van der Waals surface area contributed by atoms with E-state index in [-0.39, 0.29) is 0 Å². The van der Waals surface area contributed by atoms with Crippen molar-refractivity contribution in [3.05, 3.63) is 58.5 Å². The van der Waals surface area contributed by atoms with E-state index >= 15 is 0 Å². The van der Waals surface area contributed by atoms with Crippen LogP contribution in [0.1, 0.15) is 5.56 Å². The molecule has 1 aliphatic rings. The maximum Gasteiger partial charge on any atom is 0.133 e. The van der Waals surface area contributed by atoms with Gasteiger partial charge in [-0.2, -0.15) is 0 Å². The molecule has 18 heavy (non-hydrogen) atoms. The van der Waals surface area contributed by atoms with E-state index in [4.69, 9.17) is 4.74 Å². The Balaban J connectivity index is 2.51. The van der Waals surface area contributed by atoms with Gasteiger partial charge in [-0.1, -0.05) is 36.4 Å². The number of ether oxygens (including phenoxy) is 1. The first kappa shape index (κ1) is 11.0. The molecule has 0 aromatic heterocycles. The lowest BCUT2D eigenvalue weighted by Crippen LogP contribution is -2.28. The monoisotopic (exact) mass is 236 g/mol. The Labute approximate surface area is 105 Å². The fraction of sp³-hybridized carbons (Fsp3) is 0.125. The van der Waals surface area contributed by atoms with Gasteiger partial charge in [0.05, 0.1) is 11.8 Å². The third kappa shape index (κ3) is 1.44. The van der Waals surface area contributed by atoms with Gasteiger partial charge in [-0.15, -0.1) is 0 Å². The lowest BCUT2D eigenvalue weighted by molar-refractivity contribution is 0.239. The van der Waals surface area contributed by atoms with E-state index in [0.29, 0.717) is 11.8 Å². The zero-order valence-corrected chi connectivity index (χ0v) is 10.1. The molecule has 2 nitrogen and oxygen atoms in total. The van der Waals surface area contributed by atoms with Crippen molar-refractivity contribution >= 4 is 11.5 Å². The van der Waals surface area contributed by atoms with Crippen LogP contribution in [0.4, 0.5) is 0 Å². The second kappa shape index (κ2) is 4.26. The van der Waals surface area contributed by atoms with Crippen LogP contribution in [0.15, 0.2) is 42.5 Å². The van der Waals surface area contributed by atoms with E-state index < -0.39 is 0 Å². The van der Waals surface area contributed by atoms with Crippen molar-refractivity contribution in [3.8, 4) is 11.1 Å². The Morgan fingerprint density at radius 2 is 1.72 bits per heavy atom. The van der Waals surface area contributed by atoms with Gasteiger partial charge in [-0.05, 0) is 28.3 Å². The molecule has 88 valence electrons. The van der Waals surface area contributed by atoms with Gasteiger partial charge in [0.2, 0.25) is 0 Å². The van der Waals surface area contributed by atoms with Gasteiger partial charge in [-0.25, -0.2) is 4.79 Å². The summed E-state index contributed by atoms with van der Waals surface area (Å²) in [5, 5.41) is 1.58. The molecular formula is C16H12O2. The van der Waals surface area contributed by atoms with Crippen LogP contribution in [0.3, 0.4) is 0 Å². The summed E-state index contributed by atoms with van der Waals surface area (Å²) in [6.45, 7) is 0.503. The summed E-state index contributed by atoms with van der Waals surface area (Å²) in [5.74, 6) is 2.02. The van der Waals surface area contributed by atoms with E-state index in [1.54, 1.807) is 13.2 Å². The van der Waals surface area contributed by atoms with Crippen molar-refractivity contribution in [3.63, 3.8) is 0 Å². The number of carbonyl (C=O) groups excluding carboxylic acids is 1. The highest BCUT2D eigenvalue weighted by molar-refractivity contribution is 5.90. The van der Waals surface area contributed by atoms with E-state index in [2.05, 4.69) is 12.1 Å². The topological polar surface area (TPSA) is 26.3 Å². The largest absolute Gasteiger partial charge is 0.380 e. The second-order valence-corrected chi connectivity index (χ2v) is 4.29. The van der Waals surface area contributed by atoms with Crippen molar-refractivity contribution in [2.45, 2.75) is 0 Å². The van der Waals surface area contributed by atoms with Crippen LogP contribution in [0, 0.1) is 0 Å². The minimum absolute atomic E-state index is 0.503. The van der Waals surface area contributed by atoms with E-state index in [1.165, 1.54) is 0 Å². The standard InChI is InChI=1S/C16H12O2/c1-18-10-15-13-7-3-2-6-12(13)14-8-4-5-11(9-17)16(14)15/h2-8H,10H2,1H3. The summed E-state index contributed by atoms with van der Waals surface area (Å²) < 4.78 is 5.27. The molecule has 0 atom stereocenters. The van der Waals surface area contributed by atoms with E-state index in [9.17, 15) is 4.79 Å². The first-order chi connectivity index (χ1) is 8.86. The molecule has 1 aliphatic carbocycles. The summed E-state index contributed by atoms with van der Waals surface area (Å²) >= 11 is 0. The highest BCUT2D eigenvalue weighted by Crippen LogP contribution is 2.30. The predicted octanol–water partition coefficient (Wildman–Crippen LogP) is 1.02. The predicted molar refractivity (Wildman–Crippen MR) is 70.3 cm³/mol. The molecule has 0 spiro atoms. The van der Waals surface area contributed by atoms with Gasteiger partial charge in [0.25, 0.3) is 0 Å². The van der Waals surface area contributed by atoms with Gasteiger partial charge in [0.15, 0.2) is 0 Å². The smallest absolute Gasteiger partial charge is 0.133 e. The summed E-state index contributed by atoms with van der Waals surface area (Å²) in [4.78, 5) is 11.1. The van der Waals surface area contributed by atoms with Crippen LogP contribution in [-0.2, 0) is 9.53 Å². The summed E-state index contributed by atoms with van der Waals surface area (Å²) in [6, 6.07) is 13.9. The number of methoxy groups -OCH3 is 1. The van der Waals surface area contributed by atoms with Crippen LogP contribution in [-0.4, -0.2) is 19.7 Å². The zero-order chi connectivity index (χ0) is 12.5. The quantitative estimate of drug-likeness (QED) is 0.778. The highest BCUT2D eigenvalue weighted by atomic mass is 16.5. The van der Waals surface area contributed by atoms with Gasteiger partial charge in [0.1, 0.15) is 5.94 Å².